The Morgan fingerprint density at radius 2 is 1.81 bits per heavy atom. The summed E-state index contributed by atoms with van der Waals surface area (Å²) in [6.07, 6.45) is 1.74. The molecule has 2 heterocycles. The number of carbonyl (C=O) groups excluding carboxylic acids is 1. The highest BCUT2D eigenvalue weighted by molar-refractivity contribution is 5.80. The summed E-state index contributed by atoms with van der Waals surface area (Å²) in [5.74, 6) is 1.99. The molecule has 0 saturated heterocycles. The number of rotatable bonds is 10. The lowest BCUT2D eigenvalue weighted by molar-refractivity contribution is -0.130. The average molecular weight is 425 g/mol. The standard InChI is InChI=1S/C23H27N3O5/c1-4-26(5-2)21(28)14-20-25-22(17-8-11-19(29-3)24-15-17)23(31-20)16-6-9-18(10-7-16)30-13-12-27/h6-11,15,27H,4-5,12-14H2,1-3H3. The third kappa shape index (κ3) is 5.40. The van der Waals surface area contributed by atoms with Crippen LogP contribution in [0.25, 0.3) is 22.6 Å². The molecule has 0 radical (unpaired) electrons. The van der Waals surface area contributed by atoms with E-state index in [9.17, 15) is 4.79 Å². The highest BCUT2D eigenvalue weighted by Crippen LogP contribution is 2.34. The molecule has 8 heteroatoms. The fourth-order valence-corrected chi connectivity index (χ4v) is 3.16. The molecule has 0 spiro atoms. The van der Waals surface area contributed by atoms with Crippen molar-refractivity contribution < 1.29 is 23.8 Å². The first-order valence-corrected chi connectivity index (χ1v) is 10.2. The molecule has 0 aliphatic heterocycles. The lowest BCUT2D eigenvalue weighted by Crippen LogP contribution is -2.31. The monoisotopic (exact) mass is 425 g/mol. The molecular formula is C23H27N3O5. The highest BCUT2D eigenvalue weighted by Gasteiger charge is 2.21. The quantitative estimate of drug-likeness (QED) is 0.533. The van der Waals surface area contributed by atoms with Gasteiger partial charge in [-0.15, -0.1) is 0 Å². The number of aliphatic hydroxyl groups excluding tert-OH is 1. The van der Waals surface area contributed by atoms with Crippen molar-refractivity contribution in [2.45, 2.75) is 20.3 Å². The van der Waals surface area contributed by atoms with Gasteiger partial charge < -0.3 is 23.9 Å². The van der Waals surface area contributed by atoms with E-state index in [1.54, 1.807) is 36.4 Å². The molecule has 1 amide bonds. The predicted molar refractivity (Wildman–Crippen MR) is 116 cm³/mol. The first-order chi connectivity index (χ1) is 15.1. The first-order valence-electron chi connectivity index (χ1n) is 10.2. The van der Waals surface area contributed by atoms with Gasteiger partial charge in [0.1, 0.15) is 24.5 Å². The number of nitrogens with zero attached hydrogens (tertiary/aromatic N) is 3. The minimum absolute atomic E-state index is 0.0371. The molecule has 0 bridgehead atoms. The van der Waals surface area contributed by atoms with Gasteiger partial charge in [0, 0.05) is 36.5 Å². The van der Waals surface area contributed by atoms with Crippen LogP contribution in [0, 0.1) is 0 Å². The maximum Gasteiger partial charge on any atom is 0.231 e. The summed E-state index contributed by atoms with van der Waals surface area (Å²) in [7, 11) is 1.56. The second-order valence-electron chi connectivity index (χ2n) is 6.71. The number of methoxy groups -OCH3 is 1. The molecule has 164 valence electrons. The van der Waals surface area contributed by atoms with E-state index < -0.39 is 0 Å². The maximum atomic E-state index is 12.6. The SMILES string of the molecule is CCN(CC)C(=O)Cc1nc(-c2ccc(OC)nc2)c(-c2ccc(OCCO)cc2)o1. The van der Waals surface area contributed by atoms with Gasteiger partial charge in [-0.05, 0) is 44.2 Å². The summed E-state index contributed by atoms with van der Waals surface area (Å²) in [6, 6.07) is 10.9. The second-order valence-corrected chi connectivity index (χ2v) is 6.71. The Kier molecular flexibility index (Phi) is 7.61. The molecule has 0 atom stereocenters. The first kappa shape index (κ1) is 22.3. The van der Waals surface area contributed by atoms with Gasteiger partial charge in [0.2, 0.25) is 17.7 Å². The molecule has 0 fully saturated rings. The maximum absolute atomic E-state index is 12.6. The smallest absolute Gasteiger partial charge is 0.231 e. The average Bonchev–Trinajstić information content (AvgIpc) is 3.22. The molecule has 0 aliphatic rings. The largest absolute Gasteiger partial charge is 0.491 e. The van der Waals surface area contributed by atoms with Crippen molar-refractivity contribution in [3.63, 3.8) is 0 Å². The van der Waals surface area contributed by atoms with E-state index in [2.05, 4.69) is 9.97 Å². The number of aliphatic hydroxyl groups is 1. The molecule has 3 aromatic rings. The van der Waals surface area contributed by atoms with Crippen LogP contribution in [0.5, 0.6) is 11.6 Å². The number of benzene rings is 1. The predicted octanol–water partition coefficient (Wildman–Crippen LogP) is 3.19. The summed E-state index contributed by atoms with van der Waals surface area (Å²) in [5, 5.41) is 8.92. The molecule has 0 saturated carbocycles. The number of oxazole rings is 1. The lowest BCUT2D eigenvalue weighted by Gasteiger charge is -2.17. The summed E-state index contributed by atoms with van der Waals surface area (Å²) >= 11 is 0. The molecule has 1 N–H and O–H groups in total. The third-order valence-electron chi connectivity index (χ3n) is 4.79. The Bertz CT molecular complexity index is 979. The molecule has 3 rings (SSSR count). The van der Waals surface area contributed by atoms with Crippen LogP contribution in [0.4, 0.5) is 0 Å². The van der Waals surface area contributed by atoms with E-state index in [-0.39, 0.29) is 25.5 Å². The second kappa shape index (κ2) is 10.6. The van der Waals surface area contributed by atoms with Crippen LogP contribution >= 0.6 is 0 Å². The van der Waals surface area contributed by atoms with Crippen molar-refractivity contribution in [2.75, 3.05) is 33.4 Å². The van der Waals surface area contributed by atoms with Crippen LogP contribution < -0.4 is 9.47 Å². The number of hydrogen-bond donors (Lipinski definition) is 1. The fraction of sp³-hybridized carbons (Fsp3) is 0.348. The van der Waals surface area contributed by atoms with Crippen molar-refractivity contribution in [3.05, 3.63) is 48.5 Å². The number of aromatic nitrogens is 2. The van der Waals surface area contributed by atoms with Crippen molar-refractivity contribution in [1.82, 2.24) is 14.9 Å². The van der Waals surface area contributed by atoms with Crippen LogP contribution in [0.15, 0.2) is 47.0 Å². The van der Waals surface area contributed by atoms with E-state index in [1.165, 1.54) is 0 Å². The van der Waals surface area contributed by atoms with Crippen LogP contribution in [0.3, 0.4) is 0 Å². The van der Waals surface area contributed by atoms with E-state index >= 15 is 0 Å². The van der Waals surface area contributed by atoms with Gasteiger partial charge in [-0.1, -0.05) is 0 Å². The topological polar surface area (TPSA) is 97.9 Å². The number of likely N-dealkylation sites (N-methyl/N-ethyl adjacent to an activating group) is 1. The van der Waals surface area contributed by atoms with Gasteiger partial charge in [-0.2, -0.15) is 0 Å². The number of ether oxygens (including phenoxy) is 2. The van der Waals surface area contributed by atoms with Gasteiger partial charge in [-0.3, -0.25) is 4.79 Å². The molecular weight excluding hydrogens is 398 g/mol. The number of pyridine rings is 1. The van der Waals surface area contributed by atoms with Crippen molar-refractivity contribution in [3.8, 4) is 34.2 Å². The summed E-state index contributed by atoms with van der Waals surface area (Å²) in [6.45, 7) is 5.32. The van der Waals surface area contributed by atoms with Crippen molar-refractivity contribution in [1.29, 1.82) is 0 Å². The highest BCUT2D eigenvalue weighted by atomic mass is 16.5. The lowest BCUT2D eigenvalue weighted by atomic mass is 10.1. The molecule has 8 nitrogen and oxygen atoms in total. The van der Waals surface area contributed by atoms with Crippen LogP contribution in [0.2, 0.25) is 0 Å². The molecule has 0 aliphatic carbocycles. The Hall–Kier alpha value is -3.39. The molecule has 0 unspecified atom stereocenters. The molecule has 1 aromatic carbocycles. The molecule has 2 aromatic heterocycles. The van der Waals surface area contributed by atoms with Crippen molar-refractivity contribution in [2.24, 2.45) is 0 Å². The number of hydrogen-bond acceptors (Lipinski definition) is 7. The summed E-state index contributed by atoms with van der Waals surface area (Å²) in [4.78, 5) is 23.2. The Labute approximate surface area is 181 Å². The molecule has 31 heavy (non-hydrogen) atoms. The van der Waals surface area contributed by atoms with Crippen LogP contribution in [-0.4, -0.2) is 59.3 Å². The zero-order chi connectivity index (χ0) is 22.2. The van der Waals surface area contributed by atoms with E-state index in [1.807, 2.05) is 32.0 Å². The normalized spacial score (nSPS) is 10.7. The van der Waals surface area contributed by atoms with Crippen LogP contribution in [-0.2, 0) is 11.2 Å². The van der Waals surface area contributed by atoms with E-state index in [0.29, 0.717) is 42.1 Å². The zero-order valence-electron chi connectivity index (χ0n) is 18.0. The Morgan fingerprint density at radius 3 is 2.39 bits per heavy atom. The third-order valence-corrected chi connectivity index (χ3v) is 4.79. The van der Waals surface area contributed by atoms with Gasteiger partial charge in [0.05, 0.1) is 13.7 Å². The zero-order valence-corrected chi connectivity index (χ0v) is 18.0. The van der Waals surface area contributed by atoms with Gasteiger partial charge >= 0.3 is 0 Å². The number of amides is 1. The van der Waals surface area contributed by atoms with Gasteiger partial charge in [0.15, 0.2) is 5.76 Å². The Balaban J connectivity index is 1.96. The summed E-state index contributed by atoms with van der Waals surface area (Å²) < 4.78 is 16.6. The van der Waals surface area contributed by atoms with Crippen molar-refractivity contribution >= 4 is 5.91 Å². The minimum atomic E-state index is -0.0532. The van der Waals surface area contributed by atoms with Gasteiger partial charge in [-0.25, -0.2) is 9.97 Å². The minimum Gasteiger partial charge on any atom is -0.491 e. The fourth-order valence-electron chi connectivity index (χ4n) is 3.16. The van der Waals surface area contributed by atoms with E-state index in [0.717, 1.165) is 11.1 Å². The number of carbonyl (C=O) groups is 1. The Morgan fingerprint density at radius 1 is 1.10 bits per heavy atom. The summed E-state index contributed by atoms with van der Waals surface area (Å²) in [5.41, 5.74) is 2.14. The van der Waals surface area contributed by atoms with Crippen LogP contribution in [0.1, 0.15) is 19.7 Å². The van der Waals surface area contributed by atoms with Gasteiger partial charge in [0.25, 0.3) is 0 Å². The van der Waals surface area contributed by atoms with E-state index in [4.69, 9.17) is 19.0 Å².